The highest BCUT2D eigenvalue weighted by atomic mass is 79.9. The first-order valence-corrected chi connectivity index (χ1v) is 10.7. The molecule has 126 valence electrons. The molecule has 0 saturated heterocycles. The summed E-state index contributed by atoms with van der Waals surface area (Å²) in [6, 6.07) is 10.7. The van der Waals surface area contributed by atoms with Crippen LogP contribution >= 0.6 is 39.0 Å². The van der Waals surface area contributed by atoms with Crippen LogP contribution < -0.4 is 0 Å². The molecular weight excluding hydrogens is 402 g/mol. The summed E-state index contributed by atoms with van der Waals surface area (Å²) in [5, 5.41) is 12.1. The van der Waals surface area contributed by atoms with Crippen molar-refractivity contribution in [2.45, 2.75) is 44.1 Å². The Bertz CT molecular complexity index is 810. The lowest BCUT2D eigenvalue weighted by Crippen LogP contribution is -1.99. The second kappa shape index (κ2) is 8.32. The molecule has 0 aliphatic heterocycles. The molecule has 2 aromatic heterocycles. The van der Waals surface area contributed by atoms with Gasteiger partial charge in [0.15, 0.2) is 11.0 Å². The number of hydrogen-bond donors (Lipinski definition) is 0. The van der Waals surface area contributed by atoms with Gasteiger partial charge in [-0.2, -0.15) is 0 Å². The third-order valence-corrected chi connectivity index (χ3v) is 6.23. The van der Waals surface area contributed by atoms with Gasteiger partial charge in [-0.3, -0.25) is 0 Å². The quantitative estimate of drug-likeness (QED) is 0.436. The minimum atomic E-state index is 0.877. The van der Waals surface area contributed by atoms with Crippen LogP contribution in [0.5, 0.6) is 0 Å². The van der Waals surface area contributed by atoms with E-state index in [0.29, 0.717) is 0 Å². The van der Waals surface area contributed by atoms with Gasteiger partial charge in [0.25, 0.3) is 0 Å². The first kappa shape index (κ1) is 17.7. The number of halogens is 1. The Kier molecular flexibility index (Phi) is 6.14. The van der Waals surface area contributed by atoms with E-state index in [0.717, 1.165) is 34.2 Å². The van der Waals surface area contributed by atoms with E-state index >= 15 is 0 Å². The summed E-state index contributed by atoms with van der Waals surface area (Å²) in [7, 11) is 0. The van der Waals surface area contributed by atoms with Crippen LogP contribution in [0.4, 0.5) is 0 Å². The molecule has 24 heavy (non-hydrogen) atoms. The first-order chi connectivity index (χ1) is 11.7. The van der Waals surface area contributed by atoms with Gasteiger partial charge in [0.2, 0.25) is 0 Å². The normalized spacial score (nSPS) is 11.1. The molecule has 0 bridgehead atoms. The van der Waals surface area contributed by atoms with E-state index in [1.165, 1.54) is 22.4 Å². The third kappa shape index (κ3) is 4.10. The van der Waals surface area contributed by atoms with E-state index in [1.54, 1.807) is 11.8 Å². The maximum Gasteiger partial charge on any atom is 0.191 e. The van der Waals surface area contributed by atoms with Crippen LogP contribution in [-0.2, 0) is 18.7 Å². The van der Waals surface area contributed by atoms with E-state index in [-0.39, 0.29) is 0 Å². The Balaban J connectivity index is 1.78. The van der Waals surface area contributed by atoms with E-state index in [9.17, 15) is 0 Å². The lowest BCUT2D eigenvalue weighted by molar-refractivity contribution is 0.687. The van der Waals surface area contributed by atoms with Gasteiger partial charge in [-0.05, 0) is 37.1 Å². The molecule has 3 aromatic rings. The first-order valence-electron chi connectivity index (χ1n) is 8.09. The number of aromatic nitrogens is 3. The molecule has 0 spiro atoms. The Labute approximate surface area is 159 Å². The number of rotatable bonds is 7. The number of thioether (sulfide) groups is 1. The fourth-order valence-corrected chi connectivity index (χ4v) is 4.90. The van der Waals surface area contributed by atoms with Crippen molar-refractivity contribution in [3.05, 3.63) is 50.6 Å². The van der Waals surface area contributed by atoms with Crippen molar-refractivity contribution in [2.24, 2.45) is 0 Å². The van der Waals surface area contributed by atoms with Gasteiger partial charge in [0.05, 0.1) is 0 Å². The number of benzene rings is 1. The van der Waals surface area contributed by atoms with E-state index in [1.807, 2.05) is 17.4 Å². The highest BCUT2D eigenvalue weighted by Gasteiger charge is 2.14. The molecule has 3 rings (SSSR count). The summed E-state index contributed by atoms with van der Waals surface area (Å²) in [6.07, 6.45) is 2.31. The number of hydrogen-bond acceptors (Lipinski definition) is 4. The zero-order chi connectivity index (χ0) is 16.9. The van der Waals surface area contributed by atoms with Crippen molar-refractivity contribution in [3.63, 3.8) is 0 Å². The summed E-state index contributed by atoms with van der Waals surface area (Å²) in [4.78, 5) is 1.42. The average molecular weight is 422 g/mol. The minimum Gasteiger partial charge on any atom is -0.302 e. The number of thiophene rings is 1. The number of nitrogens with zero attached hydrogens (tertiary/aromatic N) is 3. The van der Waals surface area contributed by atoms with E-state index in [2.05, 4.69) is 74.2 Å². The van der Waals surface area contributed by atoms with Crippen LogP contribution in [0.1, 0.15) is 30.7 Å². The molecular formula is C18H20BrN3S2. The lowest BCUT2D eigenvalue weighted by Gasteiger charge is -2.06. The smallest absolute Gasteiger partial charge is 0.191 e. The van der Waals surface area contributed by atoms with Gasteiger partial charge in [-0.1, -0.05) is 53.2 Å². The van der Waals surface area contributed by atoms with Gasteiger partial charge in [0.1, 0.15) is 0 Å². The van der Waals surface area contributed by atoms with E-state index in [4.69, 9.17) is 0 Å². The molecule has 3 nitrogen and oxygen atoms in total. The minimum absolute atomic E-state index is 0.877. The van der Waals surface area contributed by atoms with Crippen LogP contribution in [-0.4, -0.2) is 14.8 Å². The van der Waals surface area contributed by atoms with Crippen LogP contribution in [0.25, 0.3) is 11.4 Å². The SMILES string of the molecule is CCCc1cc(-c2nnc(SCc3cccc(Br)c3)n2CC)cs1. The van der Waals surface area contributed by atoms with Crippen molar-refractivity contribution < 1.29 is 0 Å². The summed E-state index contributed by atoms with van der Waals surface area (Å²) < 4.78 is 3.32. The number of aryl methyl sites for hydroxylation is 1. The van der Waals surface area contributed by atoms with Crippen LogP contribution in [0, 0.1) is 0 Å². The highest BCUT2D eigenvalue weighted by Crippen LogP contribution is 2.29. The standard InChI is InChI=1S/C18H20BrN3S2/c1-3-6-16-10-14(12-23-16)17-20-21-18(22(17)4-2)24-11-13-7-5-8-15(19)9-13/h5,7-10,12H,3-4,6,11H2,1-2H3. The van der Waals surface area contributed by atoms with Crippen molar-refractivity contribution in [1.82, 2.24) is 14.8 Å². The third-order valence-electron chi connectivity index (χ3n) is 3.70. The average Bonchev–Trinajstić information content (AvgIpc) is 3.19. The molecule has 0 radical (unpaired) electrons. The largest absolute Gasteiger partial charge is 0.302 e. The molecule has 0 aliphatic rings. The summed E-state index contributed by atoms with van der Waals surface area (Å²) >= 11 is 7.08. The van der Waals surface area contributed by atoms with E-state index < -0.39 is 0 Å². The predicted octanol–water partition coefficient (Wildman–Crippen LogP) is 6.03. The zero-order valence-corrected chi connectivity index (χ0v) is 17.0. The van der Waals surface area contributed by atoms with Crippen LogP contribution in [0.15, 0.2) is 45.3 Å². The Morgan fingerprint density at radius 2 is 2.08 bits per heavy atom. The maximum atomic E-state index is 4.45. The molecule has 0 atom stereocenters. The van der Waals surface area contributed by atoms with Crippen molar-refractivity contribution >= 4 is 39.0 Å². The highest BCUT2D eigenvalue weighted by molar-refractivity contribution is 9.10. The zero-order valence-electron chi connectivity index (χ0n) is 13.8. The molecule has 1 aromatic carbocycles. The Morgan fingerprint density at radius 3 is 2.83 bits per heavy atom. The summed E-state index contributed by atoms with van der Waals surface area (Å²) in [5.41, 5.74) is 2.47. The monoisotopic (exact) mass is 421 g/mol. The molecule has 0 N–H and O–H groups in total. The maximum absolute atomic E-state index is 4.45. The molecule has 0 unspecified atom stereocenters. The van der Waals surface area contributed by atoms with Crippen molar-refractivity contribution in [3.8, 4) is 11.4 Å². The van der Waals surface area contributed by atoms with Crippen LogP contribution in [0.2, 0.25) is 0 Å². The van der Waals surface area contributed by atoms with Gasteiger partial charge >= 0.3 is 0 Å². The molecule has 6 heteroatoms. The fraction of sp³-hybridized carbons (Fsp3) is 0.333. The lowest BCUT2D eigenvalue weighted by atomic mass is 10.2. The Hall–Kier alpha value is -1.11. The van der Waals surface area contributed by atoms with Gasteiger partial charge < -0.3 is 4.57 Å². The molecule has 0 aliphatic carbocycles. The molecule has 0 amide bonds. The Morgan fingerprint density at radius 1 is 1.21 bits per heavy atom. The summed E-state index contributed by atoms with van der Waals surface area (Å²) in [6.45, 7) is 5.24. The summed E-state index contributed by atoms with van der Waals surface area (Å²) in [5.74, 6) is 1.87. The molecule has 2 heterocycles. The van der Waals surface area contributed by atoms with Crippen molar-refractivity contribution in [1.29, 1.82) is 0 Å². The van der Waals surface area contributed by atoms with Gasteiger partial charge in [0, 0.05) is 32.6 Å². The second-order valence-corrected chi connectivity index (χ2v) is 8.37. The molecule has 0 fully saturated rings. The van der Waals surface area contributed by atoms with Gasteiger partial charge in [-0.25, -0.2) is 0 Å². The van der Waals surface area contributed by atoms with Crippen LogP contribution in [0.3, 0.4) is 0 Å². The molecule has 0 saturated carbocycles. The van der Waals surface area contributed by atoms with Gasteiger partial charge in [-0.15, -0.1) is 21.5 Å². The second-order valence-electron chi connectivity index (χ2n) is 5.52. The fourth-order valence-electron chi connectivity index (χ4n) is 2.54. The van der Waals surface area contributed by atoms with Crippen molar-refractivity contribution in [2.75, 3.05) is 0 Å². The predicted molar refractivity (Wildman–Crippen MR) is 107 cm³/mol. The topological polar surface area (TPSA) is 30.7 Å².